The smallest absolute Gasteiger partial charge is 0.0654 e. The summed E-state index contributed by atoms with van der Waals surface area (Å²) in [6.45, 7) is 6.96. The fourth-order valence-electron chi connectivity index (χ4n) is 1.09. The molecule has 0 fully saturated rings. The molecule has 2 atom stereocenters. The van der Waals surface area contributed by atoms with Gasteiger partial charge in [0.05, 0.1) is 5.60 Å². The fraction of sp³-hybridized carbons (Fsp3) is 1.00. The molecule has 0 saturated heterocycles. The molecule has 2 heteroatoms. The van der Waals surface area contributed by atoms with Crippen LogP contribution in [0.4, 0.5) is 0 Å². The van der Waals surface area contributed by atoms with Gasteiger partial charge in [0.15, 0.2) is 0 Å². The molecule has 0 aromatic rings. The van der Waals surface area contributed by atoms with Gasteiger partial charge in [-0.3, -0.25) is 0 Å². The van der Waals surface area contributed by atoms with E-state index in [9.17, 15) is 5.11 Å². The lowest BCUT2D eigenvalue weighted by molar-refractivity contribution is -0.00624. The molecule has 0 amide bonds. The summed E-state index contributed by atoms with van der Waals surface area (Å²) in [5.41, 5.74) is -0.510. The highest BCUT2D eigenvalue weighted by Gasteiger charge is 2.25. The molecule has 68 valence electrons. The Balaban J connectivity index is 3.90. The van der Waals surface area contributed by atoms with Crippen LogP contribution in [0.15, 0.2) is 0 Å². The lowest BCUT2D eigenvalue weighted by Crippen LogP contribution is -2.38. The number of aliphatic hydroxyl groups is 1. The van der Waals surface area contributed by atoms with Crippen LogP contribution < -0.4 is 0 Å². The van der Waals surface area contributed by atoms with Crippen molar-refractivity contribution in [1.82, 2.24) is 4.90 Å². The molecular weight excluding hydrogens is 138 g/mol. The zero-order valence-electron chi connectivity index (χ0n) is 8.39. The first-order chi connectivity index (χ1) is 4.90. The maximum absolute atomic E-state index is 9.81. The standard InChI is InChI=1S/C9H21NO/c1-6-9(3,11)8(2)7-10(4)5/h8,11H,6-7H2,1-5H3. The van der Waals surface area contributed by atoms with Crippen molar-refractivity contribution in [2.45, 2.75) is 32.8 Å². The summed E-state index contributed by atoms with van der Waals surface area (Å²) >= 11 is 0. The molecule has 0 spiro atoms. The van der Waals surface area contributed by atoms with Crippen LogP contribution in [0.2, 0.25) is 0 Å². The summed E-state index contributed by atoms with van der Waals surface area (Å²) in [4.78, 5) is 2.11. The van der Waals surface area contributed by atoms with Gasteiger partial charge in [-0.05, 0) is 33.4 Å². The van der Waals surface area contributed by atoms with Gasteiger partial charge in [0.25, 0.3) is 0 Å². The first-order valence-electron chi connectivity index (χ1n) is 4.27. The zero-order valence-corrected chi connectivity index (χ0v) is 8.39. The lowest BCUT2D eigenvalue weighted by Gasteiger charge is -2.31. The normalized spacial score (nSPS) is 19.9. The minimum absolute atomic E-state index is 0.336. The second kappa shape index (κ2) is 4.07. The minimum Gasteiger partial charge on any atom is -0.390 e. The largest absolute Gasteiger partial charge is 0.390 e. The van der Waals surface area contributed by atoms with E-state index < -0.39 is 5.60 Å². The number of hydrogen-bond donors (Lipinski definition) is 1. The van der Waals surface area contributed by atoms with E-state index in [2.05, 4.69) is 11.8 Å². The van der Waals surface area contributed by atoms with Gasteiger partial charge in [0, 0.05) is 6.54 Å². The van der Waals surface area contributed by atoms with Crippen molar-refractivity contribution in [2.75, 3.05) is 20.6 Å². The molecule has 0 rings (SSSR count). The van der Waals surface area contributed by atoms with E-state index in [4.69, 9.17) is 0 Å². The van der Waals surface area contributed by atoms with Gasteiger partial charge in [-0.2, -0.15) is 0 Å². The van der Waals surface area contributed by atoms with E-state index in [0.717, 1.165) is 13.0 Å². The van der Waals surface area contributed by atoms with Crippen molar-refractivity contribution < 1.29 is 5.11 Å². The van der Waals surface area contributed by atoms with Crippen molar-refractivity contribution in [3.05, 3.63) is 0 Å². The number of nitrogens with zero attached hydrogens (tertiary/aromatic N) is 1. The summed E-state index contributed by atoms with van der Waals surface area (Å²) in [6, 6.07) is 0. The SMILES string of the molecule is CCC(C)(O)C(C)CN(C)C. The molecule has 0 aliphatic carbocycles. The topological polar surface area (TPSA) is 23.5 Å². The molecule has 2 unspecified atom stereocenters. The van der Waals surface area contributed by atoms with E-state index in [-0.39, 0.29) is 0 Å². The van der Waals surface area contributed by atoms with Crippen molar-refractivity contribution in [1.29, 1.82) is 0 Å². The van der Waals surface area contributed by atoms with E-state index in [1.165, 1.54) is 0 Å². The maximum atomic E-state index is 9.81. The van der Waals surface area contributed by atoms with Crippen LogP contribution in [0.5, 0.6) is 0 Å². The molecule has 0 aromatic carbocycles. The Kier molecular flexibility index (Phi) is 4.04. The summed E-state index contributed by atoms with van der Waals surface area (Å²) in [5, 5.41) is 9.81. The van der Waals surface area contributed by atoms with Gasteiger partial charge in [0.2, 0.25) is 0 Å². The molecule has 0 aliphatic heterocycles. The Bertz CT molecular complexity index is 110. The Morgan fingerprint density at radius 3 is 2.18 bits per heavy atom. The van der Waals surface area contributed by atoms with Crippen LogP contribution in [0.25, 0.3) is 0 Å². The Morgan fingerprint density at radius 1 is 1.45 bits per heavy atom. The van der Waals surface area contributed by atoms with Crippen molar-refractivity contribution in [3.8, 4) is 0 Å². The average Bonchev–Trinajstić information content (AvgIpc) is 1.86. The van der Waals surface area contributed by atoms with Gasteiger partial charge in [-0.25, -0.2) is 0 Å². The molecule has 2 nitrogen and oxygen atoms in total. The van der Waals surface area contributed by atoms with Crippen molar-refractivity contribution in [2.24, 2.45) is 5.92 Å². The van der Waals surface area contributed by atoms with Crippen LogP contribution in [0.1, 0.15) is 27.2 Å². The van der Waals surface area contributed by atoms with Gasteiger partial charge in [-0.15, -0.1) is 0 Å². The molecule has 0 aromatic heterocycles. The minimum atomic E-state index is -0.510. The van der Waals surface area contributed by atoms with Crippen molar-refractivity contribution in [3.63, 3.8) is 0 Å². The monoisotopic (exact) mass is 159 g/mol. The predicted octanol–water partition coefficient (Wildman–Crippen LogP) is 1.35. The van der Waals surface area contributed by atoms with Crippen LogP contribution in [-0.4, -0.2) is 36.2 Å². The second-order valence-electron chi connectivity index (χ2n) is 3.87. The quantitative estimate of drug-likeness (QED) is 0.669. The van der Waals surface area contributed by atoms with Crippen LogP contribution in [0.3, 0.4) is 0 Å². The third kappa shape index (κ3) is 3.73. The number of rotatable bonds is 4. The summed E-state index contributed by atoms with van der Waals surface area (Å²) < 4.78 is 0. The Labute approximate surface area is 70.2 Å². The first kappa shape index (κ1) is 10.9. The Hall–Kier alpha value is -0.0800. The second-order valence-corrected chi connectivity index (χ2v) is 3.87. The van der Waals surface area contributed by atoms with Gasteiger partial charge in [-0.1, -0.05) is 13.8 Å². The van der Waals surface area contributed by atoms with E-state index in [1.54, 1.807) is 0 Å². The van der Waals surface area contributed by atoms with Crippen LogP contribution >= 0.6 is 0 Å². The molecule has 0 saturated carbocycles. The van der Waals surface area contributed by atoms with Crippen molar-refractivity contribution >= 4 is 0 Å². The zero-order chi connectivity index (χ0) is 9.07. The lowest BCUT2D eigenvalue weighted by atomic mass is 9.88. The molecule has 0 bridgehead atoms. The van der Waals surface area contributed by atoms with E-state index >= 15 is 0 Å². The van der Waals surface area contributed by atoms with Gasteiger partial charge >= 0.3 is 0 Å². The molecule has 11 heavy (non-hydrogen) atoms. The molecular formula is C9H21NO. The molecule has 0 radical (unpaired) electrons. The highest BCUT2D eigenvalue weighted by molar-refractivity contribution is 4.78. The third-order valence-electron chi connectivity index (χ3n) is 2.42. The predicted molar refractivity (Wildman–Crippen MR) is 48.6 cm³/mol. The van der Waals surface area contributed by atoms with Gasteiger partial charge in [0.1, 0.15) is 0 Å². The highest BCUT2D eigenvalue weighted by atomic mass is 16.3. The van der Waals surface area contributed by atoms with E-state index in [0.29, 0.717) is 5.92 Å². The third-order valence-corrected chi connectivity index (χ3v) is 2.42. The van der Waals surface area contributed by atoms with E-state index in [1.807, 2.05) is 27.9 Å². The maximum Gasteiger partial charge on any atom is 0.0654 e. The van der Waals surface area contributed by atoms with Gasteiger partial charge < -0.3 is 10.0 Å². The molecule has 0 aliphatic rings. The number of hydrogen-bond acceptors (Lipinski definition) is 2. The average molecular weight is 159 g/mol. The molecule has 0 heterocycles. The molecule has 1 N–H and O–H groups in total. The highest BCUT2D eigenvalue weighted by Crippen LogP contribution is 2.20. The summed E-state index contributed by atoms with van der Waals surface area (Å²) in [7, 11) is 4.06. The summed E-state index contributed by atoms with van der Waals surface area (Å²) in [5.74, 6) is 0.336. The Morgan fingerprint density at radius 2 is 1.91 bits per heavy atom. The van der Waals surface area contributed by atoms with Crippen LogP contribution in [-0.2, 0) is 0 Å². The summed E-state index contributed by atoms with van der Waals surface area (Å²) in [6.07, 6.45) is 0.821. The van der Waals surface area contributed by atoms with Crippen LogP contribution in [0, 0.1) is 5.92 Å². The fourth-order valence-corrected chi connectivity index (χ4v) is 1.09. The first-order valence-corrected chi connectivity index (χ1v) is 4.27.